The Hall–Kier alpha value is -0.0800. The molecular formula is C17H34N2. The lowest BCUT2D eigenvalue weighted by Gasteiger charge is -2.32. The van der Waals surface area contributed by atoms with Gasteiger partial charge in [-0.05, 0) is 63.6 Å². The molecule has 1 saturated carbocycles. The van der Waals surface area contributed by atoms with Crippen LogP contribution in [-0.2, 0) is 0 Å². The number of hydrogen-bond donors (Lipinski definition) is 1. The summed E-state index contributed by atoms with van der Waals surface area (Å²) < 4.78 is 0. The highest BCUT2D eigenvalue weighted by Gasteiger charge is 2.20. The van der Waals surface area contributed by atoms with E-state index in [4.69, 9.17) is 0 Å². The largest absolute Gasteiger partial charge is 0.317 e. The van der Waals surface area contributed by atoms with Gasteiger partial charge in [-0.1, -0.05) is 32.6 Å². The van der Waals surface area contributed by atoms with Crippen molar-refractivity contribution >= 4 is 0 Å². The first kappa shape index (κ1) is 15.3. The van der Waals surface area contributed by atoms with E-state index in [1.807, 2.05) is 0 Å². The summed E-state index contributed by atoms with van der Waals surface area (Å²) in [5, 5.41) is 3.49. The van der Waals surface area contributed by atoms with Crippen molar-refractivity contribution in [3.8, 4) is 0 Å². The van der Waals surface area contributed by atoms with E-state index in [1.54, 1.807) is 0 Å². The summed E-state index contributed by atoms with van der Waals surface area (Å²) >= 11 is 0. The molecule has 0 aromatic carbocycles. The van der Waals surface area contributed by atoms with Crippen molar-refractivity contribution in [2.75, 3.05) is 32.7 Å². The van der Waals surface area contributed by atoms with E-state index in [2.05, 4.69) is 17.1 Å². The molecule has 0 amide bonds. The van der Waals surface area contributed by atoms with Gasteiger partial charge in [0.25, 0.3) is 0 Å². The normalized spacial score (nSPS) is 23.7. The molecular weight excluding hydrogens is 232 g/mol. The Morgan fingerprint density at radius 1 is 0.842 bits per heavy atom. The maximum Gasteiger partial charge on any atom is 0.00107 e. The maximum atomic E-state index is 3.49. The van der Waals surface area contributed by atoms with Crippen molar-refractivity contribution < 1.29 is 0 Å². The van der Waals surface area contributed by atoms with Crippen LogP contribution >= 0.6 is 0 Å². The molecule has 1 aliphatic heterocycles. The highest BCUT2D eigenvalue weighted by Crippen LogP contribution is 2.24. The lowest BCUT2D eigenvalue weighted by atomic mass is 9.95. The number of piperidine rings is 1. The molecule has 112 valence electrons. The number of nitrogens with one attached hydrogen (secondary N) is 1. The molecule has 1 saturated heterocycles. The predicted octanol–water partition coefficient (Wildman–Crippen LogP) is 3.67. The fourth-order valence-electron chi connectivity index (χ4n) is 3.91. The van der Waals surface area contributed by atoms with Crippen LogP contribution in [-0.4, -0.2) is 37.6 Å². The molecule has 19 heavy (non-hydrogen) atoms. The van der Waals surface area contributed by atoms with Crippen molar-refractivity contribution in [1.29, 1.82) is 0 Å². The van der Waals surface area contributed by atoms with Crippen molar-refractivity contribution in [3.63, 3.8) is 0 Å². The van der Waals surface area contributed by atoms with Crippen molar-refractivity contribution in [1.82, 2.24) is 10.2 Å². The van der Waals surface area contributed by atoms with Gasteiger partial charge in [0, 0.05) is 13.1 Å². The first-order valence-electron chi connectivity index (χ1n) is 8.81. The van der Waals surface area contributed by atoms with Gasteiger partial charge in [0.05, 0.1) is 0 Å². The third kappa shape index (κ3) is 5.83. The van der Waals surface area contributed by atoms with E-state index < -0.39 is 0 Å². The van der Waals surface area contributed by atoms with Crippen LogP contribution in [0.4, 0.5) is 0 Å². The van der Waals surface area contributed by atoms with Crippen LogP contribution < -0.4 is 5.32 Å². The summed E-state index contributed by atoms with van der Waals surface area (Å²) in [6.45, 7) is 8.90. The number of rotatable bonds is 6. The van der Waals surface area contributed by atoms with Gasteiger partial charge in [-0.3, -0.25) is 0 Å². The van der Waals surface area contributed by atoms with Gasteiger partial charge in [-0.2, -0.15) is 0 Å². The van der Waals surface area contributed by atoms with Gasteiger partial charge in [0.2, 0.25) is 0 Å². The Bertz CT molecular complexity index is 215. The summed E-state index contributed by atoms with van der Waals surface area (Å²) in [5.41, 5.74) is 0. The lowest BCUT2D eigenvalue weighted by Crippen LogP contribution is -2.38. The van der Waals surface area contributed by atoms with E-state index in [9.17, 15) is 0 Å². The summed E-state index contributed by atoms with van der Waals surface area (Å²) in [4.78, 5) is 2.80. The Morgan fingerprint density at radius 2 is 1.42 bits per heavy atom. The zero-order valence-electron chi connectivity index (χ0n) is 13.0. The van der Waals surface area contributed by atoms with Crippen LogP contribution in [0.5, 0.6) is 0 Å². The van der Waals surface area contributed by atoms with Gasteiger partial charge < -0.3 is 10.2 Å². The minimum atomic E-state index is 0.957. The first-order valence-corrected chi connectivity index (χ1v) is 8.81. The molecule has 2 rings (SSSR count). The van der Waals surface area contributed by atoms with Crippen LogP contribution in [0, 0.1) is 11.8 Å². The monoisotopic (exact) mass is 266 g/mol. The third-order valence-corrected chi connectivity index (χ3v) is 5.01. The smallest absolute Gasteiger partial charge is 0.00107 e. The molecule has 0 atom stereocenters. The zero-order chi connectivity index (χ0) is 13.3. The average Bonchev–Trinajstić information content (AvgIpc) is 2.69. The highest BCUT2D eigenvalue weighted by molar-refractivity contribution is 4.75. The Labute approximate surface area is 120 Å². The number of hydrogen-bond acceptors (Lipinski definition) is 2. The quantitative estimate of drug-likeness (QED) is 0.738. The van der Waals surface area contributed by atoms with Crippen LogP contribution in [0.1, 0.15) is 64.7 Å². The molecule has 1 heterocycles. The molecule has 0 aromatic rings. The Balaban J connectivity index is 1.76. The second-order valence-electron chi connectivity index (χ2n) is 6.81. The standard InChI is InChI=1S/C17H34N2/c1-2-13-19(15-17-9-11-18-12-10-17)14-16-7-5-3-4-6-8-16/h16-18H,2-15H2,1H3. The Morgan fingerprint density at radius 3 is 2.00 bits per heavy atom. The maximum absolute atomic E-state index is 3.49. The third-order valence-electron chi connectivity index (χ3n) is 5.01. The number of nitrogens with zero attached hydrogens (tertiary/aromatic N) is 1. The van der Waals surface area contributed by atoms with Gasteiger partial charge in [0.15, 0.2) is 0 Å². The summed E-state index contributed by atoms with van der Waals surface area (Å²) in [6.07, 6.45) is 13.0. The fourth-order valence-corrected chi connectivity index (χ4v) is 3.91. The van der Waals surface area contributed by atoms with Crippen LogP contribution in [0.15, 0.2) is 0 Å². The van der Waals surface area contributed by atoms with E-state index in [-0.39, 0.29) is 0 Å². The molecule has 1 aliphatic carbocycles. The van der Waals surface area contributed by atoms with E-state index in [0.29, 0.717) is 0 Å². The second kappa shape index (κ2) is 8.97. The molecule has 2 heteroatoms. The molecule has 0 radical (unpaired) electrons. The van der Waals surface area contributed by atoms with Gasteiger partial charge in [-0.25, -0.2) is 0 Å². The molecule has 1 N–H and O–H groups in total. The molecule has 2 fully saturated rings. The van der Waals surface area contributed by atoms with Crippen molar-refractivity contribution in [2.24, 2.45) is 11.8 Å². The molecule has 0 spiro atoms. The summed E-state index contributed by atoms with van der Waals surface area (Å²) in [7, 11) is 0. The first-order chi connectivity index (χ1) is 9.38. The molecule has 0 aromatic heterocycles. The fraction of sp³-hybridized carbons (Fsp3) is 1.00. The Kier molecular flexibility index (Phi) is 7.23. The van der Waals surface area contributed by atoms with E-state index in [0.717, 1.165) is 11.8 Å². The van der Waals surface area contributed by atoms with Crippen molar-refractivity contribution in [2.45, 2.75) is 64.7 Å². The molecule has 0 unspecified atom stereocenters. The summed E-state index contributed by atoms with van der Waals surface area (Å²) in [6, 6.07) is 0. The highest BCUT2D eigenvalue weighted by atomic mass is 15.1. The van der Waals surface area contributed by atoms with Crippen LogP contribution in [0.25, 0.3) is 0 Å². The minimum absolute atomic E-state index is 0.957. The lowest BCUT2D eigenvalue weighted by molar-refractivity contribution is 0.173. The van der Waals surface area contributed by atoms with Crippen molar-refractivity contribution in [3.05, 3.63) is 0 Å². The van der Waals surface area contributed by atoms with Crippen LogP contribution in [0.2, 0.25) is 0 Å². The second-order valence-corrected chi connectivity index (χ2v) is 6.81. The molecule has 0 bridgehead atoms. The van der Waals surface area contributed by atoms with E-state index >= 15 is 0 Å². The summed E-state index contributed by atoms with van der Waals surface area (Å²) in [5.74, 6) is 1.95. The predicted molar refractivity (Wildman–Crippen MR) is 83.5 cm³/mol. The zero-order valence-corrected chi connectivity index (χ0v) is 13.0. The van der Waals surface area contributed by atoms with Crippen LogP contribution in [0.3, 0.4) is 0 Å². The van der Waals surface area contributed by atoms with Gasteiger partial charge >= 0.3 is 0 Å². The molecule has 2 aliphatic rings. The van der Waals surface area contributed by atoms with E-state index in [1.165, 1.54) is 90.5 Å². The topological polar surface area (TPSA) is 15.3 Å². The minimum Gasteiger partial charge on any atom is -0.317 e. The molecule has 2 nitrogen and oxygen atoms in total. The average molecular weight is 266 g/mol. The van der Waals surface area contributed by atoms with Gasteiger partial charge in [0.1, 0.15) is 0 Å². The SMILES string of the molecule is CCCN(CC1CCCCCC1)CC1CCNCC1. The van der Waals surface area contributed by atoms with Gasteiger partial charge in [-0.15, -0.1) is 0 Å².